The first kappa shape index (κ1) is 18.9. The van der Waals surface area contributed by atoms with Crippen LogP contribution >= 0.6 is 34.8 Å². The van der Waals surface area contributed by atoms with Crippen molar-refractivity contribution in [3.63, 3.8) is 0 Å². The molecule has 0 aromatic heterocycles. The van der Waals surface area contributed by atoms with Crippen LogP contribution in [0.4, 0.5) is 5.69 Å². The number of ether oxygens (including phenoxy) is 1. The molecule has 0 amide bonds. The van der Waals surface area contributed by atoms with Gasteiger partial charge in [0.05, 0.1) is 5.02 Å². The Hall–Kier alpha value is -1.87. The zero-order chi connectivity index (χ0) is 18.5. The summed E-state index contributed by atoms with van der Waals surface area (Å²) >= 11 is 18.4. The number of anilines is 1. The highest BCUT2D eigenvalue weighted by Crippen LogP contribution is 2.28. The molecule has 0 radical (unpaired) electrons. The lowest BCUT2D eigenvalue weighted by Crippen LogP contribution is -2.02. The Kier molecular flexibility index (Phi) is 6.31. The molecule has 2 nitrogen and oxygen atoms in total. The molecule has 134 valence electrons. The van der Waals surface area contributed by atoms with Gasteiger partial charge in [-0.05, 0) is 60.0 Å². The first-order valence-corrected chi connectivity index (χ1v) is 9.31. The van der Waals surface area contributed by atoms with E-state index in [9.17, 15) is 0 Å². The molecule has 1 N–H and O–H groups in total. The van der Waals surface area contributed by atoms with Crippen molar-refractivity contribution in [2.75, 3.05) is 5.32 Å². The highest BCUT2D eigenvalue weighted by Gasteiger charge is 2.06. The van der Waals surface area contributed by atoms with Crippen LogP contribution < -0.4 is 10.1 Å². The van der Waals surface area contributed by atoms with E-state index in [0.717, 1.165) is 27.4 Å². The van der Waals surface area contributed by atoms with Crippen molar-refractivity contribution in [1.29, 1.82) is 0 Å². The number of rotatable bonds is 6. The lowest BCUT2D eigenvalue weighted by Gasteiger charge is -2.12. The zero-order valence-electron chi connectivity index (χ0n) is 14.2. The van der Waals surface area contributed by atoms with Crippen molar-refractivity contribution in [3.8, 4) is 5.75 Å². The highest BCUT2D eigenvalue weighted by molar-refractivity contribution is 6.32. The van der Waals surface area contributed by atoms with Gasteiger partial charge in [-0.3, -0.25) is 0 Å². The monoisotopic (exact) mass is 405 g/mol. The molecule has 0 unspecified atom stereocenters. The van der Waals surface area contributed by atoms with Crippen LogP contribution in [0.5, 0.6) is 5.75 Å². The number of nitrogens with one attached hydrogen (secondary N) is 1. The molecule has 0 aliphatic carbocycles. The fourth-order valence-corrected chi connectivity index (χ4v) is 3.07. The SMILES string of the molecule is Cc1c(Cl)cccc1NCc1ccc(OCc2ccc(Cl)cc2)c(Cl)c1. The summed E-state index contributed by atoms with van der Waals surface area (Å²) < 4.78 is 5.80. The van der Waals surface area contributed by atoms with E-state index in [4.69, 9.17) is 39.5 Å². The van der Waals surface area contributed by atoms with Crippen molar-refractivity contribution >= 4 is 40.5 Å². The summed E-state index contributed by atoms with van der Waals surface area (Å²) in [5, 5.41) is 5.42. The van der Waals surface area contributed by atoms with E-state index in [1.54, 1.807) is 0 Å². The van der Waals surface area contributed by atoms with Crippen LogP contribution in [-0.2, 0) is 13.2 Å². The van der Waals surface area contributed by atoms with Gasteiger partial charge in [-0.25, -0.2) is 0 Å². The van der Waals surface area contributed by atoms with Crippen LogP contribution in [0.2, 0.25) is 15.1 Å². The molecule has 0 fully saturated rings. The van der Waals surface area contributed by atoms with Gasteiger partial charge in [0.15, 0.2) is 0 Å². The maximum Gasteiger partial charge on any atom is 0.138 e. The zero-order valence-corrected chi connectivity index (χ0v) is 16.5. The van der Waals surface area contributed by atoms with Crippen molar-refractivity contribution in [2.24, 2.45) is 0 Å². The Labute approximate surface area is 168 Å². The van der Waals surface area contributed by atoms with Crippen molar-refractivity contribution < 1.29 is 4.74 Å². The molecule has 0 saturated heterocycles. The average Bonchev–Trinajstić information content (AvgIpc) is 2.63. The molecule has 5 heteroatoms. The van der Waals surface area contributed by atoms with Gasteiger partial charge in [-0.1, -0.05) is 59.1 Å². The first-order chi connectivity index (χ1) is 12.5. The Bertz CT molecular complexity index is 894. The second-order valence-electron chi connectivity index (χ2n) is 5.95. The van der Waals surface area contributed by atoms with E-state index < -0.39 is 0 Å². The highest BCUT2D eigenvalue weighted by atomic mass is 35.5. The van der Waals surface area contributed by atoms with E-state index in [-0.39, 0.29) is 0 Å². The van der Waals surface area contributed by atoms with Crippen LogP contribution in [0, 0.1) is 6.92 Å². The third-order valence-corrected chi connectivity index (χ3v) is 5.01. The average molecular weight is 407 g/mol. The standard InChI is InChI=1S/C21H18Cl3NO/c1-14-18(23)3-2-4-20(14)25-12-16-7-10-21(19(24)11-16)26-13-15-5-8-17(22)9-6-15/h2-11,25H,12-13H2,1H3. The van der Waals surface area contributed by atoms with E-state index >= 15 is 0 Å². The molecule has 3 rings (SSSR count). The molecular weight excluding hydrogens is 389 g/mol. The Balaban J connectivity index is 1.61. The summed E-state index contributed by atoms with van der Waals surface area (Å²) in [5.41, 5.74) is 4.14. The molecule has 3 aromatic carbocycles. The largest absolute Gasteiger partial charge is 0.487 e. The predicted octanol–water partition coefficient (Wildman–Crippen LogP) is 7.15. The summed E-state index contributed by atoms with van der Waals surface area (Å²) in [6, 6.07) is 19.2. The fraction of sp³-hybridized carbons (Fsp3) is 0.143. The van der Waals surface area contributed by atoms with Crippen LogP contribution in [0.3, 0.4) is 0 Å². The maximum atomic E-state index is 6.36. The quantitative estimate of drug-likeness (QED) is 0.469. The van der Waals surface area contributed by atoms with Crippen LogP contribution in [0.15, 0.2) is 60.7 Å². The van der Waals surface area contributed by atoms with Crippen LogP contribution in [0.25, 0.3) is 0 Å². The van der Waals surface area contributed by atoms with Gasteiger partial charge in [0.25, 0.3) is 0 Å². The lowest BCUT2D eigenvalue weighted by molar-refractivity contribution is 0.306. The molecule has 0 aliphatic rings. The number of hydrogen-bond donors (Lipinski definition) is 1. The van der Waals surface area contributed by atoms with Gasteiger partial charge >= 0.3 is 0 Å². The molecule has 26 heavy (non-hydrogen) atoms. The minimum Gasteiger partial charge on any atom is -0.487 e. The first-order valence-electron chi connectivity index (χ1n) is 8.17. The Morgan fingerprint density at radius 2 is 1.58 bits per heavy atom. The predicted molar refractivity (Wildman–Crippen MR) is 111 cm³/mol. The minimum absolute atomic E-state index is 0.441. The maximum absolute atomic E-state index is 6.36. The lowest BCUT2D eigenvalue weighted by atomic mass is 10.1. The molecule has 0 spiro atoms. The molecule has 0 atom stereocenters. The van der Waals surface area contributed by atoms with Gasteiger partial charge < -0.3 is 10.1 Å². The summed E-state index contributed by atoms with van der Waals surface area (Å²) in [6.45, 7) is 3.08. The molecule has 0 bridgehead atoms. The Morgan fingerprint density at radius 1 is 0.846 bits per heavy atom. The third-order valence-electron chi connectivity index (χ3n) is 4.05. The molecule has 0 aliphatic heterocycles. The molecule has 0 heterocycles. The fourth-order valence-electron chi connectivity index (χ4n) is 2.51. The second-order valence-corrected chi connectivity index (χ2v) is 7.20. The van der Waals surface area contributed by atoms with E-state index in [0.29, 0.717) is 28.9 Å². The van der Waals surface area contributed by atoms with Gasteiger partial charge in [0, 0.05) is 22.3 Å². The summed E-state index contributed by atoms with van der Waals surface area (Å²) in [5.74, 6) is 0.657. The molecule has 0 saturated carbocycles. The topological polar surface area (TPSA) is 21.3 Å². The van der Waals surface area contributed by atoms with E-state index in [1.165, 1.54) is 0 Å². The minimum atomic E-state index is 0.441. The van der Waals surface area contributed by atoms with Gasteiger partial charge in [0.1, 0.15) is 12.4 Å². The number of benzene rings is 3. The van der Waals surface area contributed by atoms with Crippen molar-refractivity contribution in [2.45, 2.75) is 20.1 Å². The van der Waals surface area contributed by atoms with Crippen molar-refractivity contribution in [1.82, 2.24) is 0 Å². The summed E-state index contributed by atoms with van der Waals surface area (Å²) in [7, 11) is 0. The normalized spacial score (nSPS) is 10.6. The van der Waals surface area contributed by atoms with Crippen LogP contribution in [-0.4, -0.2) is 0 Å². The van der Waals surface area contributed by atoms with Gasteiger partial charge in [0.2, 0.25) is 0 Å². The van der Waals surface area contributed by atoms with Crippen LogP contribution in [0.1, 0.15) is 16.7 Å². The van der Waals surface area contributed by atoms with Gasteiger partial charge in [-0.15, -0.1) is 0 Å². The van der Waals surface area contributed by atoms with Crippen molar-refractivity contribution in [3.05, 3.63) is 92.4 Å². The van der Waals surface area contributed by atoms with E-state index in [1.807, 2.05) is 67.6 Å². The Morgan fingerprint density at radius 3 is 2.31 bits per heavy atom. The third kappa shape index (κ3) is 4.85. The van der Waals surface area contributed by atoms with E-state index in [2.05, 4.69) is 5.32 Å². The molecular formula is C21H18Cl3NO. The second kappa shape index (κ2) is 8.68. The number of halogens is 3. The number of hydrogen-bond acceptors (Lipinski definition) is 2. The van der Waals surface area contributed by atoms with Gasteiger partial charge in [-0.2, -0.15) is 0 Å². The summed E-state index contributed by atoms with van der Waals surface area (Å²) in [6.07, 6.45) is 0. The smallest absolute Gasteiger partial charge is 0.138 e. The molecule has 3 aromatic rings. The summed E-state index contributed by atoms with van der Waals surface area (Å²) in [4.78, 5) is 0.